The molecule has 1 atom stereocenters. The molecule has 1 heterocycles. The first-order valence-corrected chi connectivity index (χ1v) is 7.71. The van der Waals surface area contributed by atoms with Crippen molar-refractivity contribution in [2.24, 2.45) is 5.92 Å². The zero-order valence-corrected chi connectivity index (χ0v) is 12.9. The van der Waals surface area contributed by atoms with Crippen LogP contribution in [0.3, 0.4) is 0 Å². The topological polar surface area (TPSA) is 12.5 Å². The standard InChI is InChI=1S/C15H21Cl2NO/c1-12-4-2-7-18(11-12)8-3-9-19-15-10-13(16)5-6-14(15)17/h5-6,10,12H,2-4,7-9,11H2,1H3. The van der Waals surface area contributed by atoms with E-state index in [1.807, 2.05) is 0 Å². The molecule has 1 saturated heterocycles. The van der Waals surface area contributed by atoms with Crippen molar-refractivity contribution in [1.82, 2.24) is 4.90 Å². The Labute approximate surface area is 125 Å². The Balaban J connectivity index is 1.70. The van der Waals surface area contributed by atoms with Crippen LogP contribution in [0.4, 0.5) is 0 Å². The molecular formula is C15H21Cl2NO. The van der Waals surface area contributed by atoms with Gasteiger partial charge in [-0.25, -0.2) is 0 Å². The lowest BCUT2D eigenvalue weighted by Crippen LogP contribution is -2.35. The molecule has 0 spiro atoms. The van der Waals surface area contributed by atoms with Crippen LogP contribution in [0.5, 0.6) is 5.75 Å². The largest absolute Gasteiger partial charge is 0.492 e. The van der Waals surface area contributed by atoms with Gasteiger partial charge in [0.25, 0.3) is 0 Å². The number of hydrogen-bond acceptors (Lipinski definition) is 2. The summed E-state index contributed by atoms with van der Waals surface area (Å²) >= 11 is 12.0. The van der Waals surface area contributed by atoms with E-state index in [2.05, 4.69) is 11.8 Å². The van der Waals surface area contributed by atoms with Crippen molar-refractivity contribution in [1.29, 1.82) is 0 Å². The van der Waals surface area contributed by atoms with Gasteiger partial charge in [0.15, 0.2) is 0 Å². The van der Waals surface area contributed by atoms with Gasteiger partial charge in [0.1, 0.15) is 5.75 Å². The Morgan fingerprint density at radius 3 is 3.00 bits per heavy atom. The van der Waals surface area contributed by atoms with E-state index in [1.54, 1.807) is 18.2 Å². The summed E-state index contributed by atoms with van der Waals surface area (Å²) < 4.78 is 5.69. The number of rotatable bonds is 5. The Hall–Kier alpha value is -0.440. The van der Waals surface area contributed by atoms with Gasteiger partial charge in [-0.2, -0.15) is 0 Å². The average molecular weight is 302 g/mol. The summed E-state index contributed by atoms with van der Waals surface area (Å²) in [6.45, 7) is 6.56. The van der Waals surface area contributed by atoms with Crippen LogP contribution in [-0.4, -0.2) is 31.1 Å². The molecule has 0 saturated carbocycles. The lowest BCUT2D eigenvalue weighted by Gasteiger charge is -2.30. The third kappa shape index (κ3) is 4.87. The number of benzene rings is 1. The number of nitrogens with zero attached hydrogens (tertiary/aromatic N) is 1. The van der Waals surface area contributed by atoms with Crippen molar-refractivity contribution >= 4 is 23.2 Å². The summed E-state index contributed by atoms with van der Waals surface area (Å²) in [6.07, 6.45) is 3.71. The van der Waals surface area contributed by atoms with Gasteiger partial charge in [-0.3, -0.25) is 0 Å². The summed E-state index contributed by atoms with van der Waals surface area (Å²) in [5, 5.41) is 1.28. The molecule has 0 N–H and O–H groups in total. The van der Waals surface area contributed by atoms with Gasteiger partial charge in [0.2, 0.25) is 0 Å². The van der Waals surface area contributed by atoms with Crippen LogP contribution in [0.25, 0.3) is 0 Å². The van der Waals surface area contributed by atoms with E-state index in [1.165, 1.54) is 25.9 Å². The molecular weight excluding hydrogens is 281 g/mol. The van der Waals surface area contributed by atoms with Gasteiger partial charge >= 0.3 is 0 Å². The summed E-state index contributed by atoms with van der Waals surface area (Å²) in [5.74, 6) is 1.51. The Morgan fingerprint density at radius 2 is 2.21 bits per heavy atom. The molecule has 4 heteroatoms. The molecule has 1 aliphatic rings. The first-order chi connectivity index (χ1) is 9.15. The van der Waals surface area contributed by atoms with E-state index in [0.717, 1.165) is 18.9 Å². The van der Waals surface area contributed by atoms with Gasteiger partial charge in [-0.1, -0.05) is 30.1 Å². The molecule has 1 aromatic rings. The molecule has 1 aromatic carbocycles. The number of hydrogen-bond donors (Lipinski definition) is 0. The first-order valence-electron chi connectivity index (χ1n) is 6.95. The van der Waals surface area contributed by atoms with E-state index in [0.29, 0.717) is 22.4 Å². The zero-order chi connectivity index (χ0) is 13.7. The third-order valence-electron chi connectivity index (χ3n) is 3.51. The van der Waals surface area contributed by atoms with Crippen molar-refractivity contribution in [3.05, 3.63) is 28.2 Å². The average Bonchev–Trinajstić information content (AvgIpc) is 2.39. The lowest BCUT2D eigenvalue weighted by atomic mass is 10.0. The van der Waals surface area contributed by atoms with E-state index >= 15 is 0 Å². The molecule has 106 valence electrons. The van der Waals surface area contributed by atoms with Crippen LogP contribution in [0.15, 0.2) is 18.2 Å². The van der Waals surface area contributed by atoms with Gasteiger partial charge in [0, 0.05) is 24.2 Å². The minimum atomic E-state index is 0.621. The predicted molar refractivity (Wildman–Crippen MR) is 81.4 cm³/mol. The second-order valence-corrected chi connectivity index (χ2v) is 6.17. The Morgan fingerprint density at radius 1 is 1.37 bits per heavy atom. The van der Waals surface area contributed by atoms with Crippen LogP contribution >= 0.6 is 23.2 Å². The molecule has 0 amide bonds. The van der Waals surface area contributed by atoms with Gasteiger partial charge in [0.05, 0.1) is 11.6 Å². The van der Waals surface area contributed by atoms with Gasteiger partial charge in [-0.05, 0) is 43.9 Å². The maximum atomic E-state index is 6.05. The molecule has 0 bridgehead atoms. The van der Waals surface area contributed by atoms with Crippen LogP contribution in [-0.2, 0) is 0 Å². The second kappa shape index (κ2) is 7.37. The Bertz CT molecular complexity index is 411. The van der Waals surface area contributed by atoms with E-state index < -0.39 is 0 Å². The summed E-state index contributed by atoms with van der Waals surface area (Å²) in [6, 6.07) is 5.31. The monoisotopic (exact) mass is 301 g/mol. The maximum Gasteiger partial charge on any atom is 0.139 e. The second-order valence-electron chi connectivity index (χ2n) is 5.32. The van der Waals surface area contributed by atoms with Gasteiger partial charge < -0.3 is 9.64 Å². The van der Waals surface area contributed by atoms with Crippen molar-refractivity contribution in [2.75, 3.05) is 26.2 Å². The predicted octanol–water partition coefficient (Wildman–Crippen LogP) is 4.49. The van der Waals surface area contributed by atoms with E-state index in [-0.39, 0.29) is 0 Å². The first kappa shape index (κ1) is 15.0. The number of ether oxygens (including phenoxy) is 1. The van der Waals surface area contributed by atoms with Crippen LogP contribution < -0.4 is 4.74 Å². The molecule has 2 rings (SSSR count). The van der Waals surface area contributed by atoms with Crippen molar-refractivity contribution in [3.63, 3.8) is 0 Å². The minimum absolute atomic E-state index is 0.621. The number of likely N-dealkylation sites (tertiary alicyclic amines) is 1. The Kier molecular flexibility index (Phi) is 5.80. The lowest BCUT2D eigenvalue weighted by molar-refractivity contribution is 0.170. The minimum Gasteiger partial charge on any atom is -0.492 e. The fourth-order valence-electron chi connectivity index (χ4n) is 2.55. The molecule has 1 unspecified atom stereocenters. The zero-order valence-electron chi connectivity index (χ0n) is 11.4. The third-order valence-corrected chi connectivity index (χ3v) is 4.06. The van der Waals surface area contributed by atoms with Crippen LogP contribution in [0, 0.1) is 5.92 Å². The SMILES string of the molecule is CC1CCCN(CCCOc2cc(Cl)ccc2Cl)C1. The highest BCUT2D eigenvalue weighted by Gasteiger charge is 2.15. The van der Waals surface area contributed by atoms with E-state index in [4.69, 9.17) is 27.9 Å². The van der Waals surface area contributed by atoms with Crippen LogP contribution in [0.1, 0.15) is 26.2 Å². The summed E-state index contributed by atoms with van der Waals surface area (Å²) in [4.78, 5) is 2.52. The smallest absolute Gasteiger partial charge is 0.139 e. The molecule has 1 fully saturated rings. The highest BCUT2D eigenvalue weighted by atomic mass is 35.5. The van der Waals surface area contributed by atoms with Crippen molar-refractivity contribution < 1.29 is 4.74 Å². The highest BCUT2D eigenvalue weighted by Crippen LogP contribution is 2.27. The molecule has 19 heavy (non-hydrogen) atoms. The van der Waals surface area contributed by atoms with E-state index in [9.17, 15) is 0 Å². The normalized spacial score (nSPS) is 20.5. The number of piperidine rings is 1. The highest BCUT2D eigenvalue weighted by molar-refractivity contribution is 6.34. The summed E-state index contributed by atoms with van der Waals surface area (Å²) in [7, 11) is 0. The molecule has 2 nitrogen and oxygen atoms in total. The molecule has 0 aromatic heterocycles. The quantitative estimate of drug-likeness (QED) is 0.743. The van der Waals surface area contributed by atoms with Crippen molar-refractivity contribution in [3.8, 4) is 5.75 Å². The fraction of sp³-hybridized carbons (Fsp3) is 0.600. The summed E-state index contributed by atoms with van der Waals surface area (Å²) in [5.41, 5.74) is 0. The molecule has 0 aliphatic carbocycles. The number of halogens is 2. The maximum absolute atomic E-state index is 6.05. The molecule has 1 aliphatic heterocycles. The van der Waals surface area contributed by atoms with Gasteiger partial charge in [-0.15, -0.1) is 0 Å². The molecule has 0 radical (unpaired) electrons. The fourth-order valence-corrected chi connectivity index (χ4v) is 2.88. The van der Waals surface area contributed by atoms with Crippen molar-refractivity contribution in [2.45, 2.75) is 26.2 Å². The van der Waals surface area contributed by atoms with Crippen LogP contribution in [0.2, 0.25) is 10.0 Å².